The molecule has 114 valence electrons. The highest BCUT2D eigenvalue weighted by Crippen LogP contribution is 2.23. The normalized spacial score (nSPS) is 12.7. The minimum absolute atomic E-state index is 0.390. The van der Waals surface area contributed by atoms with Gasteiger partial charge in [0, 0.05) is 23.3 Å². The van der Waals surface area contributed by atoms with Crippen LogP contribution in [0.25, 0.3) is 11.0 Å². The van der Waals surface area contributed by atoms with Crippen molar-refractivity contribution < 1.29 is 14.0 Å². The molecule has 0 bridgehead atoms. The van der Waals surface area contributed by atoms with E-state index in [0.29, 0.717) is 5.65 Å². The first kappa shape index (κ1) is 15.5. The number of fused-ring (bicyclic) bond motifs is 1. The largest absolute Gasteiger partial charge is 0.443 e. The van der Waals surface area contributed by atoms with Crippen LogP contribution in [0.2, 0.25) is 0 Å². The maximum atomic E-state index is 12.3. The Hall–Kier alpha value is -1.88. The molecular weight excluding hydrogens is 266 g/mol. The number of carbonyl (C=O) groups is 1. The molecule has 0 aliphatic carbocycles. The van der Waals surface area contributed by atoms with Gasteiger partial charge in [0.05, 0.1) is 21.1 Å². The maximum absolute atomic E-state index is 12.3. The van der Waals surface area contributed by atoms with E-state index in [0.717, 1.165) is 22.0 Å². The molecule has 21 heavy (non-hydrogen) atoms. The molecule has 2 heterocycles. The first-order valence-electron chi connectivity index (χ1n) is 7.06. The minimum atomic E-state index is -0.525. The van der Waals surface area contributed by atoms with Crippen LogP contribution < -0.4 is 0 Å². The summed E-state index contributed by atoms with van der Waals surface area (Å²) in [5, 5.41) is 0.997. The Bertz CT molecular complexity index is 660. The van der Waals surface area contributed by atoms with E-state index in [2.05, 4.69) is 26.1 Å². The zero-order valence-corrected chi connectivity index (χ0v) is 13.7. The molecule has 0 saturated carbocycles. The van der Waals surface area contributed by atoms with Gasteiger partial charge in [-0.05, 0) is 32.9 Å². The van der Waals surface area contributed by atoms with E-state index in [1.165, 1.54) is 4.57 Å². The van der Waals surface area contributed by atoms with Crippen molar-refractivity contribution >= 4 is 17.1 Å². The van der Waals surface area contributed by atoms with Crippen molar-refractivity contribution in [3.63, 3.8) is 0 Å². The molecule has 2 aromatic rings. The zero-order chi connectivity index (χ0) is 15.8. The van der Waals surface area contributed by atoms with Gasteiger partial charge in [0.1, 0.15) is 17.8 Å². The van der Waals surface area contributed by atoms with Gasteiger partial charge in [0.25, 0.3) is 0 Å². The molecule has 0 aromatic carbocycles. The first-order chi connectivity index (χ1) is 9.57. The van der Waals surface area contributed by atoms with E-state index < -0.39 is 5.60 Å². The number of hydrogen-bond acceptors (Lipinski definition) is 3. The van der Waals surface area contributed by atoms with E-state index in [9.17, 15) is 4.79 Å². The molecule has 0 amide bonds. The second kappa shape index (κ2) is 5.15. The van der Waals surface area contributed by atoms with Crippen LogP contribution in [0.1, 0.15) is 26.3 Å². The summed E-state index contributed by atoms with van der Waals surface area (Å²) in [4.78, 5) is 16.7. The highest BCUT2D eigenvalue weighted by atomic mass is 16.6. The van der Waals surface area contributed by atoms with Crippen molar-refractivity contribution in [2.45, 2.75) is 32.9 Å². The van der Waals surface area contributed by atoms with E-state index in [1.54, 1.807) is 6.20 Å². The number of rotatable bonds is 2. The summed E-state index contributed by atoms with van der Waals surface area (Å²) in [6, 6.07) is 3.88. The van der Waals surface area contributed by atoms with Gasteiger partial charge in [-0.3, -0.25) is 0 Å². The Balaban J connectivity index is 2.48. The Morgan fingerprint density at radius 3 is 2.57 bits per heavy atom. The molecule has 2 aromatic heterocycles. The summed E-state index contributed by atoms with van der Waals surface area (Å²) in [6.07, 6.45) is 3.15. The molecule has 0 unspecified atom stereocenters. The summed E-state index contributed by atoms with van der Waals surface area (Å²) in [5.41, 5.74) is 1.22. The van der Waals surface area contributed by atoms with E-state index in [4.69, 9.17) is 4.74 Å². The van der Waals surface area contributed by atoms with Crippen molar-refractivity contribution in [3.8, 4) is 0 Å². The molecule has 0 aliphatic rings. The van der Waals surface area contributed by atoms with Crippen molar-refractivity contribution in [2.75, 3.05) is 21.1 Å². The third-order valence-electron chi connectivity index (χ3n) is 2.88. The number of aromatic nitrogens is 2. The van der Waals surface area contributed by atoms with Gasteiger partial charge in [-0.1, -0.05) is 0 Å². The fourth-order valence-electron chi connectivity index (χ4n) is 2.21. The van der Waals surface area contributed by atoms with Crippen molar-refractivity contribution in [2.24, 2.45) is 0 Å². The topological polar surface area (TPSA) is 44.1 Å². The molecule has 0 radical (unpaired) electrons. The quantitative estimate of drug-likeness (QED) is 0.799. The first-order valence-corrected chi connectivity index (χ1v) is 7.06. The molecule has 0 saturated heterocycles. The van der Waals surface area contributed by atoms with Crippen LogP contribution >= 0.6 is 0 Å². The molecule has 5 heteroatoms. The predicted octanol–water partition coefficient (Wildman–Crippen LogP) is 3.03. The Morgan fingerprint density at radius 1 is 1.33 bits per heavy atom. The van der Waals surface area contributed by atoms with Crippen LogP contribution in [0, 0.1) is 0 Å². The van der Waals surface area contributed by atoms with Crippen molar-refractivity contribution in [1.29, 1.82) is 0 Å². The lowest BCUT2D eigenvalue weighted by molar-refractivity contribution is -0.883. The van der Waals surface area contributed by atoms with E-state index in [-0.39, 0.29) is 6.09 Å². The molecule has 0 aliphatic heterocycles. The van der Waals surface area contributed by atoms with Gasteiger partial charge in [-0.2, -0.15) is 0 Å². The van der Waals surface area contributed by atoms with Crippen LogP contribution in [0.5, 0.6) is 0 Å². The van der Waals surface area contributed by atoms with Crippen LogP contribution in [0.3, 0.4) is 0 Å². The van der Waals surface area contributed by atoms with Gasteiger partial charge in [0.2, 0.25) is 0 Å². The number of quaternary nitrogens is 1. The van der Waals surface area contributed by atoms with Gasteiger partial charge in [-0.25, -0.2) is 14.3 Å². The van der Waals surface area contributed by atoms with Crippen LogP contribution in [-0.4, -0.2) is 46.9 Å². The third kappa shape index (κ3) is 3.82. The summed E-state index contributed by atoms with van der Waals surface area (Å²) >= 11 is 0. The van der Waals surface area contributed by atoms with Crippen molar-refractivity contribution in [1.82, 2.24) is 9.55 Å². The lowest BCUT2D eigenvalue weighted by atomic mass is 10.2. The van der Waals surface area contributed by atoms with Gasteiger partial charge < -0.3 is 9.22 Å². The number of ether oxygens (including phenoxy) is 1. The lowest BCUT2D eigenvalue weighted by Gasteiger charge is -2.23. The Morgan fingerprint density at radius 2 is 2.00 bits per heavy atom. The van der Waals surface area contributed by atoms with Crippen molar-refractivity contribution in [3.05, 3.63) is 30.1 Å². The number of carbonyl (C=O) groups excluding carboxylic acids is 1. The fraction of sp³-hybridized carbons (Fsp3) is 0.500. The zero-order valence-electron chi connectivity index (χ0n) is 13.7. The molecular formula is C16H24N3O2+. The number of nitrogens with zero attached hydrogens (tertiary/aromatic N) is 3. The summed E-state index contributed by atoms with van der Waals surface area (Å²) in [6.45, 7) is 6.39. The van der Waals surface area contributed by atoms with Gasteiger partial charge in [0.15, 0.2) is 0 Å². The smallest absolute Gasteiger partial charge is 0.420 e. The average molecular weight is 290 g/mol. The monoisotopic (exact) mass is 290 g/mol. The number of pyridine rings is 1. The van der Waals surface area contributed by atoms with Crippen LogP contribution in [0.4, 0.5) is 4.79 Å². The Kier molecular flexibility index (Phi) is 3.80. The summed E-state index contributed by atoms with van der Waals surface area (Å²) in [5.74, 6) is 0. The molecule has 0 fully saturated rings. The minimum Gasteiger partial charge on any atom is -0.443 e. The summed E-state index contributed by atoms with van der Waals surface area (Å²) in [7, 11) is 6.35. The predicted molar refractivity (Wildman–Crippen MR) is 83.1 cm³/mol. The van der Waals surface area contributed by atoms with Gasteiger partial charge >= 0.3 is 6.09 Å². The van der Waals surface area contributed by atoms with E-state index in [1.807, 2.05) is 39.1 Å². The van der Waals surface area contributed by atoms with Gasteiger partial charge in [-0.15, -0.1) is 0 Å². The molecule has 5 nitrogen and oxygen atoms in total. The standard InChI is InChI=1S/C16H24N3O2/c1-16(2,3)21-15(20)18-10-12(11-19(4,5)6)13-8-7-9-17-14(13)18/h7-10H,11H2,1-6H3/q+1. The lowest BCUT2D eigenvalue weighted by Crippen LogP contribution is -2.33. The highest BCUT2D eigenvalue weighted by Gasteiger charge is 2.23. The highest BCUT2D eigenvalue weighted by molar-refractivity contribution is 5.89. The average Bonchev–Trinajstić information content (AvgIpc) is 2.64. The third-order valence-corrected chi connectivity index (χ3v) is 2.88. The second-order valence-corrected chi connectivity index (χ2v) is 7.33. The molecule has 0 atom stereocenters. The van der Waals surface area contributed by atoms with Crippen LogP contribution in [-0.2, 0) is 11.3 Å². The molecule has 0 N–H and O–H groups in total. The Labute approximate surface area is 125 Å². The number of hydrogen-bond donors (Lipinski definition) is 0. The molecule has 0 spiro atoms. The fourth-order valence-corrected chi connectivity index (χ4v) is 2.21. The summed E-state index contributed by atoms with van der Waals surface area (Å²) < 4.78 is 7.74. The maximum Gasteiger partial charge on any atom is 0.420 e. The molecule has 2 rings (SSSR count). The van der Waals surface area contributed by atoms with E-state index >= 15 is 0 Å². The van der Waals surface area contributed by atoms with Crippen LogP contribution in [0.15, 0.2) is 24.5 Å². The second-order valence-electron chi connectivity index (χ2n) is 7.33. The SMILES string of the molecule is CC(C)(C)OC(=O)n1cc(C[N+](C)(C)C)c2cccnc21.